The number of hydrogen-bond acceptors (Lipinski definition) is 3. The maximum atomic E-state index is 8.88. The number of rotatable bonds is 3. The summed E-state index contributed by atoms with van der Waals surface area (Å²) >= 11 is 0. The molecule has 1 aromatic rings. The largest absolute Gasteiger partial charge is 0.409 e. The van der Waals surface area contributed by atoms with E-state index in [0.29, 0.717) is 5.41 Å². The first kappa shape index (κ1) is 14.9. The zero-order chi connectivity index (χ0) is 14.6. The van der Waals surface area contributed by atoms with E-state index in [-0.39, 0.29) is 5.84 Å². The first-order valence-corrected chi connectivity index (χ1v) is 7.30. The monoisotopic (exact) mass is 275 g/mol. The molecule has 1 saturated heterocycles. The molecule has 1 aliphatic heterocycles. The van der Waals surface area contributed by atoms with Crippen LogP contribution in [-0.2, 0) is 6.54 Å². The fraction of sp³-hybridized carbons (Fsp3) is 0.562. The van der Waals surface area contributed by atoms with Gasteiger partial charge in [0.25, 0.3) is 0 Å². The number of nitrogens with two attached hydrogens (primary N) is 1. The molecule has 0 atom stereocenters. The quantitative estimate of drug-likeness (QED) is 0.386. The molecule has 4 nitrogen and oxygen atoms in total. The van der Waals surface area contributed by atoms with Crippen LogP contribution in [0.3, 0.4) is 0 Å². The highest BCUT2D eigenvalue weighted by Gasteiger charge is 2.23. The van der Waals surface area contributed by atoms with Gasteiger partial charge in [-0.2, -0.15) is 0 Å². The summed E-state index contributed by atoms with van der Waals surface area (Å²) in [5.74, 6) is 0.191. The van der Waals surface area contributed by atoms with E-state index < -0.39 is 0 Å². The molecule has 1 heterocycles. The lowest BCUT2D eigenvalue weighted by Crippen LogP contribution is -2.27. The molecule has 4 heteroatoms. The fourth-order valence-electron chi connectivity index (χ4n) is 2.84. The summed E-state index contributed by atoms with van der Waals surface area (Å²) < 4.78 is 0. The van der Waals surface area contributed by atoms with Gasteiger partial charge in [0.2, 0.25) is 0 Å². The third-order valence-corrected chi connectivity index (χ3v) is 4.23. The Morgan fingerprint density at radius 3 is 2.80 bits per heavy atom. The van der Waals surface area contributed by atoms with Crippen LogP contribution in [0.25, 0.3) is 0 Å². The molecule has 110 valence electrons. The highest BCUT2D eigenvalue weighted by molar-refractivity contribution is 5.98. The van der Waals surface area contributed by atoms with Crippen molar-refractivity contribution in [3.05, 3.63) is 35.4 Å². The average Bonchev–Trinajstić information content (AvgIpc) is 2.60. The van der Waals surface area contributed by atoms with E-state index in [1.54, 1.807) is 0 Å². The summed E-state index contributed by atoms with van der Waals surface area (Å²) in [6, 6.07) is 7.89. The maximum Gasteiger partial charge on any atom is 0.170 e. The van der Waals surface area contributed by atoms with Gasteiger partial charge < -0.3 is 10.9 Å². The molecular formula is C16H25N3O. The third-order valence-electron chi connectivity index (χ3n) is 4.23. The molecule has 1 fully saturated rings. The van der Waals surface area contributed by atoms with E-state index in [4.69, 9.17) is 10.9 Å². The normalized spacial score (nSPS) is 20.6. The Balaban J connectivity index is 2.10. The van der Waals surface area contributed by atoms with Crippen LogP contribution in [-0.4, -0.2) is 29.0 Å². The minimum atomic E-state index is 0.191. The number of hydrogen-bond donors (Lipinski definition) is 2. The SMILES string of the molecule is CC1(C)CCCN(Cc2ccccc2C(N)=NO)CC1. The average molecular weight is 275 g/mol. The Bertz CT molecular complexity index is 482. The van der Waals surface area contributed by atoms with Crippen molar-refractivity contribution < 1.29 is 5.21 Å². The number of nitrogens with zero attached hydrogens (tertiary/aromatic N) is 2. The molecule has 0 spiro atoms. The van der Waals surface area contributed by atoms with Crippen LogP contribution in [0.2, 0.25) is 0 Å². The van der Waals surface area contributed by atoms with Gasteiger partial charge in [-0.15, -0.1) is 0 Å². The lowest BCUT2D eigenvalue weighted by molar-refractivity contribution is 0.255. The summed E-state index contributed by atoms with van der Waals surface area (Å²) in [6.45, 7) is 7.79. The van der Waals surface area contributed by atoms with Crippen molar-refractivity contribution >= 4 is 5.84 Å². The van der Waals surface area contributed by atoms with Gasteiger partial charge in [0.15, 0.2) is 5.84 Å². The molecule has 20 heavy (non-hydrogen) atoms. The van der Waals surface area contributed by atoms with Crippen molar-refractivity contribution in [1.82, 2.24) is 4.90 Å². The molecule has 0 aromatic heterocycles. The summed E-state index contributed by atoms with van der Waals surface area (Å²) in [6.07, 6.45) is 3.74. The molecule has 0 aliphatic carbocycles. The van der Waals surface area contributed by atoms with Gasteiger partial charge in [-0.3, -0.25) is 4.90 Å². The Hall–Kier alpha value is -1.55. The number of likely N-dealkylation sites (tertiary alicyclic amines) is 1. The highest BCUT2D eigenvalue weighted by atomic mass is 16.4. The Kier molecular flexibility index (Phi) is 4.65. The number of amidine groups is 1. The molecule has 0 amide bonds. The molecule has 1 aromatic carbocycles. The molecule has 0 unspecified atom stereocenters. The van der Waals surface area contributed by atoms with Crippen LogP contribution >= 0.6 is 0 Å². The first-order valence-electron chi connectivity index (χ1n) is 7.30. The van der Waals surface area contributed by atoms with Gasteiger partial charge >= 0.3 is 0 Å². The topological polar surface area (TPSA) is 61.8 Å². The lowest BCUT2D eigenvalue weighted by atomic mass is 9.85. The van der Waals surface area contributed by atoms with Crippen molar-refractivity contribution in [2.75, 3.05) is 13.1 Å². The second-order valence-corrected chi connectivity index (χ2v) is 6.44. The fourth-order valence-corrected chi connectivity index (χ4v) is 2.84. The summed E-state index contributed by atoms with van der Waals surface area (Å²) in [7, 11) is 0. The van der Waals surface area contributed by atoms with Gasteiger partial charge in [-0.1, -0.05) is 43.3 Å². The lowest BCUT2D eigenvalue weighted by Gasteiger charge is -2.24. The van der Waals surface area contributed by atoms with E-state index in [9.17, 15) is 0 Å². The Morgan fingerprint density at radius 1 is 1.30 bits per heavy atom. The van der Waals surface area contributed by atoms with Crippen LogP contribution in [0.1, 0.15) is 44.2 Å². The van der Waals surface area contributed by atoms with Crippen molar-refractivity contribution in [2.45, 2.75) is 39.7 Å². The summed E-state index contributed by atoms with van der Waals surface area (Å²) in [5, 5.41) is 12.0. The third kappa shape index (κ3) is 3.73. The standard InChI is InChI=1S/C16H25N3O/c1-16(2)8-5-10-19(11-9-16)12-13-6-3-4-7-14(13)15(17)18-20/h3-4,6-7,20H,5,8-12H2,1-2H3,(H2,17,18). The van der Waals surface area contributed by atoms with E-state index >= 15 is 0 Å². The predicted molar refractivity (Wildman–Crippen MR) is 81.9 cm³/mol. The molecule has 0 bridgehead atoms. The van der Waals surface area contributed by atoms with Crippen LogP contribution in [0, 0.1) is 5.41 Å². The van der Waals surface area contributed by atoms with Crippen molar-refractivity contribution in [2.24, 2.45) is 16.3 Å². The molecule has 2 rings (SSSR count). The van der Waals surface area contributed by atoms with Crippen molar-refractivity contribution in [3.63, 3.8) is 0 Å². The summed E-state index contributed by atoms with van der Waals surface area (Å²) in [5.41, 5.74) is 8.16. The zero-order valence-corrected chi connectivity index (χ0v) is 12.5. The minimum absolute atomic E-state index is 0.191. The van der Waals surface area contributed by atoms with Gasteiger partial charge in [-0.05, 0) is 43.3 Å². The smallest absolute Gasteiger partial charge is 0.170 e. The van der Waals surface area contributed by atoms with Crippen LogP contribution in [0.5, 0.6) is 0 Å². The summed E-state index contributed by atoms with van der Waals surface area (Å²) in [4.78, 5) is 2.47. The molecular weight excluding hydrogens is 250 g/mol. The predicted octanol–water partition coefficient (Wildman–Crippen LogP) is 2.79. The van der Waals surface area contributed by atoms with Crippen molar-refractivity contribution in [1.29, 1.82) is 0 Å². The first-order chi connectivity index (χ1) is 9.52. The Labute approximate surface area is 121 Å². The van der Waals surface area contributed by atoms with Crippen molar-refractivity contribution in [3.8, 4) is 0 Å². The van der Waals surface area contributed by atoms with Crippen LogP contribution in [0.15, 0.2) is 29.4 Å². The van der Waals surface area contributed by atoms with Crippen LogP contribution < -0.4 is 5.73 Å². The van der Waals surface area contributed by atoms with Crippen LogP contribution in [0.4, 0.5) is 0 Å². The van der Waals surface area contributed by atoms with E-state index in [2.05, 4.69) is 30.0 Å². The molecule has 1 aliphatic rings. The highest BCUT2D eigenvalue weighted by Crippen LogP contribution is 2.30. The molecule has 0 radical (unpaired) electrons. The minimum Gasteiger partial charge on any atom is -0.409 e. The van der Waals surface area contributed by atoms with Gasteiger partial charge in [-0.25, -0.2) is 0 Å². The second-order valence-electron chi connectivity index (χ2n) is 6.44. The maximum absolute atomic E-state index is 8.88. The van der Waals surface area contributed by atoms with Gasteiger partial charge in [0, 0.05) is 12.1 Å². The molecule has 3 N–H and O–H groups in total. The van der Waals surface area contributed by atoms with Gasteiger partial charge in [0.05, 0.1) is 0 Å². The van der Waals surface area contributed by atoms with Gasteiger partial charge in [0.1, 0.15) is 0 Å². The van der Waals surface area contributed by atoms with E-state index in [0.717, 1.165) is 30.8 Å². The van der Waals surface area contributed by atoms with E-state index in [1.807, 2.05) is 18.2 Å². The molecule has 0 saturated carbocycles. The zero-order valence-electron chi connectivity index (χ0n) is 12.5. The Morgan fingerprint density at radius 2 is 2.05 bits per heavy atom. The number of benzene rings is 1. The second kappa shape index (κ2) is 6.27. The number of oxime groups is 1. The van der Waals surface area contributed by atoms with E-state index in [1.165, 1.54) is 19.3 Å².